The van der Waals surface area contributed by atoms with Crippen LogP contribution >= 0.6 is 10.7 Å². The van der Waals surface area contributed by atoms with Gasteiger partial charge in [0.15, 0.2) is 0 Å². The van der Waals surface area contributed by atoms with Crippen LogP contribution in [0.5, 0.6) is 0 Å². The molecule has 3 nitrogen and oxygen atoms in total. The molecule has 0 saturated heterocycles. The van der Waals surface area contributed by atoms with Crippen molar-refractivity contribution in [2.24, 2.45) is 0 Å². The van der Waals surface area contributed by atoms with Gasteiger partial charge in [-0.15, -0.1) is 0 Å². The third kappa shape index (κ3) is 3.25. The van der Waals surface area contributed by atoms with Gasteiger partial charge in [0.2, 0.25) is 0 Å². The molecule has 0 spiro atoms. The van der Waals surface area contributed by atoms with Gasteiger partial charge in [-0.25, -0.2) is 8.42 Å². The topological polar surface area (TPSA) is 47.0 Å². The van der Waals surface area contributed by atoms with Crippen LogP contribution < -0.4 is 0 Å². The van der Waals surface area contributed by atoms with E-state index in [0.29, 0.717) is 0 Å². The Hall–Kier alpha value is -1.03. The molecule has 0 amide bonds. The Balaban J connectivity index is 3.61. The lowest BCUT2D eigenvalue weighted by Gasteiger charge is -2.13. The zero-order valence-electron chi connectivity index (χ0n) is 7.97. The Labute approximate surface area is 101 Å². The van der Waals surface area contributed by atoms with Gasteiger partial charge in [-0.3, -0.25) is 4.98 Å². The van der Waals surface area contributed by atoms with Crippen LogP contribution in [-0.2, 0) is 21.4 Å². The summed E-state index contributed by atoms with van der Waals surface area (Å²) in [6, 6.07) is -0.407. The van der Waals surface area contributed by atoms with Gasteiger partial charge in [0, 0.05) is 16.9 Å². The van der Waals surface area contributed by atoms with Crippen molar-refractivity contribution in [2.75, 3.05) is 0 Å². The number of nitrogens with zero attached hydrogens (tertiary/aromatic N) is 1. The summed E-state index contributed by atoms with van der Waals surface area (Å²) in [5, 5.41) is 0. The quantitative estimate of drug-likeness (QED) is 0.591. The Morgan fingerprint density at radius 3 is 1.89 bits per heavy atom. The number of rotatable bonds is 1. The minimum atomic E-state index is -5.31. The number of aromatic nitrogens is 1. The maximum absolute atomic E-state index is 12.4. The van der Waals surface area contributed by atoms with Crippen LogP contribution in [0.1, 0.15) is 11.3 Å². The normalized spacial score (nSPS) is 13.7. The molecule has 1 rings (SSSR count). The molecule has 0 aliphatic carbocycles. The van der Waals surface area contributed by atoms with Crippen LogP contribution in [0.4, 0.5) is 26.3 Å². The Bertz CT molecular complexity index is 564. The second-order valence-electron chi connectivity index (χ2n) is 3.00. The lowest BCUT2D eigenvalue weighted by Crippen LogP contribution is -2.16. The molecule has 0 aromatic carbocycles. The molecular weight excluding hydrogens is 312 g/mol. The summed E-state index contributed by atoms with van der Waals surface area (Å²) in [7, 11) is -0.169. The van der Waals surface area contributed by atoms with E-state index in [1.807, 2.05) is 0 Å². The first-order valence-electron chi connectivity index (χ1n) is 3.92. The third-order valence-corrected chi connectivity index (χ3v) is 3.08. The molecular formula is C7H2ClF6NO2S. The molecule has 0 radical (unpaired) electrons. The standard InChI is InChI=1S/C7H2ClF6NO2S/c8-18(16,17)4-2-15-5(7(12,13)14)1-3(4)6(9,10)11/h1-2H. The van der Waals surface area contributed by atoms with Gasteiger partial charge in [-0.05, 0) is 6.07 Å². The van der Waals surface area contributed by atoms with Crippen molar-refractivity contribution in [3.05, 3.63) is 23.5 Å². The van der Waals surface area contributed by atoms with Gasteiger partial charge in [0.05, 0.1) is 5.56 Å². The fourth-order valence-electron chi connectivity index (χ4n) is 1.01. The molecule has 0 N–H and O–H groups in total. The van der Waals surface area contributed by atoms with E-state index < -0.39 is 43.6 Å². The van der Waals surface area contributed by atoms with Gasteiger partial charge >= 0.3 is 12.4 Å². The molecule has 0 saturated carbocycles. The van der Waals surface area contributed by atoms with E-state index in [0.717, 1.165) is 0 Å². The summed E-state index contributed by atoms with van der Waals surface area (Å²) in [4.78, 5) is 1.08. The van der Waals surface area contributed by atoms with Gasteiger partial charge in [0.1, 0.15) is 10.6 Å². The summed E-state index contributed by atoms with van der Waals surface area (Å²) in [5.74, 6) is 0. The summed E-state index contributed by atoms with van der Waals surface area (Å²) < 4.78 is 95.4. The second-order valence-corrected chi connectivity index (χ2v) is 5.53. The maximum Gasteiger partial charge on any atom is 0.433 e. The molecule has 1 aromatic rings. The Morgan fingerprint density at radius 2 is 1.56 bits per heavy atom. The number of pyridine rings is 1. The fourth-order valence-corrected chi connectivity index (χ4v) is 2.00. The van der Waals surface area contributed by atoms with Crippen molar-refractivity contribution in [1.29, 1.82) is 0 Å². The van der Waals surface area contributed by atoms with Crippen molar-refractivity contribution in [3.63, 3.8) is 0 Å². The first-order chi connectivity index (χ1) is 7.83. The van der Waals surface area contributed by atoms with E-state index in [2.05, 4.69) is 15.7 Å². The average molecular weight is 314 g/mol. The highest BCUT2D eigenvalue weighted by atomic mass is 35.7. The number of alkyl halides is 6. The van der Waals surface area contributed by atoms with Crippen molar-refractivity contribution >= 4 is 19.7 Å². The maximum atomic E-state index is 12.4. The van der Waals surface area contributed by atoms with Gasteiger partial charge in [-0.1, -0.05) is 0 Å². The SMILES string of the molecule is O=S(=O)(Cl)c1cnc(C(F)(F)F)cc1C(F)(F)F. The first kappa shape index (κ1) is 15.0. The molecule has 11 heteroatoms. The summed E-state index contributed by atoms with van der Waals surface area (Å²) in [6.07, 6.45) is -10.5. The molecule has 0 atom stereocenters. The fraction of sp³-hybridized carbons (Fsp3) is 0.286. The second kappa shape index (κ2) is 4.26. The van der Waals surface area contributed by atoms with E-state index in [1.54, 1.807) is 0 Å². The van der Waals surface area contributed by atoms with Gasteiger partial charge < -0.3 is 0 Å². The summed E-state index contributed by atoms with van der Waals surface area (Å²) >= 11 is 0. The molecule has 102 valence electrons. The van der Waals surface area contributed by atoms with Crippen LogP contribution in [0.2, 0.25) is 0 Å². The summed E-state index contributed by atoms with van der Waals surface area (Å²) in [6.45, 7) is 0. The first-order valence-corrected chi connectivity index (χ1v) is 6.23. The molecule has 1 aromatic heterocycles. The van der Waals surface area contributed by atoms with Crippen LogP contribution in [0.3, 0.4) is 0 Å². The van der Waals surface area contributed by atoms with Gasteiger partial charge in [0.25, 0.3) is 9.05 Å². The van der Waals surface area contributed by atoms with Crippen LogP contribution in [0, 0.1) is 0 Å². The highest BCUT2D eigenvalue weighted by Crippen LogP contribution is 2.38. The van der Waals surface area contributed by atoms with Crippen LogP contribution in [0.25, 0.3) is 0 Å². The van der Waals surface area contributed by atoms with Crippen molar-refractivity contribution in [2.45, 2.75) is 17.2 Å². The smallest absolute Gasteiger partial charge is 0.250 e. The lowest BCUT2D eigenvalue weighted by molar-refractivity contribution is -0.146. The predicted octanol–water partition coefficient (Wildman–Crippen LogP) is 3.05. The minimum Gasteiger partial charge on any atom is -0.250 e. The van der Waals surface area contributed by atoms with Crippen molar-refractivity contribution < 1.29 is 34.8 Å². The van der Waals surface area contributed by atoms with E-state index in [4.69, 9.17) is 0 Å². The largest absolute Gasteiger partial charge is 0.433 e. The highest BCUT2D eigenvalue weighted by molar-refractivity contribution is 8.13. The molecule has 18 heavy (non-hydrogen) atoms. The van der Waals surface area contributed by atoms with Crippen LogP contribution in [-0.4, -0.2) is 13.4 Å². The number of hydrogen-bond acceptors (Lipinski definition) is 3. The highest BCUT2D eigenvalue weighted by Gasteiger charge is 2.41. The predicted molar refractivity (Wildman–Crippen MR) is 47.3 cm³/mol. The van der Waals surface area contributed by atoms with E-state index in [1.165, 1.54) is 0 Å². The molecule has 0 aliphatic heterocycles. The zero-order valence-corrected chi connectivity index (χ0v) is 9.54. The molecule has 0 bridgehead atoms. The monoisotopic (exact) mass is 313 g/mol. The molecule has 0 aliphatic rings. The van der Waals surface area contributed by atoms with Crippen LogP contribution in [0.15, 0.2) is 17.2 Å². The number of hydrogen-bond donors (Lipinski definition) is 0. The van der Waals surface area contributed by atoms with Gasteiger partial charge in [-0.2, -0.15) is 26.3 Å². The van der Waals surface area contributed by atoms with E-state index in [9.17, 15) is 34.8 Å². The van der Waals surface area contributed by atoms with E-state index in [-0.39, 0.29) is 6.20 Å². The average Bonchev–Trinajstić information content (AvgIpc) is 2.12. The Kier molecular flexibility index (Phi) is 3.56. The molecule has 0 unspecified atom stereocenters. The van der Waals surface area contributed by atoms with E-state index >= 15 is 0 Å². The molecule has 0 fully saturated rings. The Morgan fingerprint density at radius 1 is 1.06 bits per heavy atom. The zero-order chi connectivity index (χ0) is 14.4. The molecule has 1 heterocycles. The third-order valence-electron chi connectivity index (χ3n) is 1.73. The minimum absolute atomic E-state index is 0.0754. The van der Waals surface area contributed by atoms with Crippen molar-refractivity contribution in [3.8, 4) is 0 Å². The lowest BCUT2D eigenvalue weighted by atomic mass is 10.2. The van der Waals surface area contributed by atoms with Crippen molar-refractivity contribution in [1.82, 2.24) is 4.98 Å². The number of halogens is 7. The summed E-state index contributed by atoms with van der Waals surface area (Å²) in [5.41, 5.74) is -3.88.